The number of aliphatic hydroxyl groups is 1. The minimum absolute atomic E-state index is 0.213. The van der Waals surface area contributed by atoms with Crippen LogP contribution in [0.25, 0.3) is 0 Å². The van der Waals surface area contributed by atoms with Gasteiger partial charge in [0.05, 0.1) is 5.60 Å². The van der Waals surface area contributed by atoms with Crippen LogP contribution in [-0.2, 0) is 5.60 Å². The predicted octanol–water partition coefficient (Wildman–Crippen LogP) is 2.97. The van der Waals surface area contributed by atoms with Gasteiger partial charge in [-0.05, 0) is 56.8 Å². The lowest BCUT2D eigenvalue weighted by Gasteiger charge is -2.51. The first-order chi connectivity index (χ1) is 9.01. The number of piperidine rings is 2. The second kappa shape index (κ2) is 4.57. The zero-order valence-corrected chi connectivity index (χ0v) is 11.7. The Bertz CT molecular complexity index is 474. The lowest BCUT2D eigenvalue weighted by Crippen LogP contribution is -2.55. The van der Waals surface area contributed by atoms with Crippen LogP contribution in [-0.4, -0.2) is 29.1 Å². The van der Waals surface area contributed by atoms with Crippen molar-refractivity contribution in [2.45, 2.75) is 56.7 Å². The molecule has 0 aliphatic carbocycles. The van der Waals surface area contributed by atoms with Gasteiger partial charge >= 0.3 is 0 Å². The lowest BCUT2D eigenvalue weighted by atomic mass is 9.72. The molecule has 0 amide bonds. The van der Waals surface area contributed by atoms with Crippen LogP contribution in [0.1, 0.15) is 43.2 Å². The van der Waals surface area contributed by atoms with Crippen molar-refractivity contribution < 1.29 is 9.50 Å². The van der Waals surface area contributed by atoms with E-state index in [1.807, 2.05) is 6.07 Å². The third kappa shape index (κ3) is 2.09. The summed E-state index contributed by atoms with van der Waals surface area (Å²) in [5, 5.41) is 11.1. The van der Waals surface area contributed by atoms with E-state index in [4.69, 9.17) is 0 Å². The smallest absolute Gasteiger partial charge is 0.126 e. The Morgan fingerprint density at radius 2 is 1.89 bits per heavy atom. The van der Waals surface area contributed by atoms with E-state index in [-0.39, 0.29) is 5.82 Å². The first-order valence-electron chi connectivity index (χ1n) is 7.21. The van der Waals surface area contributed by atoms with E-state index >= 15 is 0 Å². The van der Waals surface area contributed by atoms with Gasteiger partial charge in [-0.3, -0.25) is 0 Å². The molecule has 0 aromatic heterocycles. The highest BCUT2D eigenvalue weighted by molar-refractivity contribution is 5.33. The van der Waals surface area contributed by atoms with E-state index in [1.165, 1.54) is 12.5 Å². The number of rotatable bonds is 1. The highest BCUT2D eigenvalue weighted by atomic mass is 19.1. The Morgan fingerprint density at radius 1 is 1.26 bits per heavy atom. The topological polar surface area (TPSA) is 23.5 Å². The highest BCUT2D eigenvalue weighted by Gasteiger charge is 2.45. The fourth-order valence-corrected chi connectivity index (χ4v) is 3.98. The summed E-state index contributed by atoms with van der Waals surface area (Å²) in [4.78, 5) is 2.41. The number of hydrogen-bond donors (Lipinski definition) is 1. The average Bonchev–Trinajstić information content (AvgIpc) is 2.35. The Hall–Kier alpha value is -0.930. The summed E-state index contributed by atoms with van der Waals surface area (Å²) in [5.74, 6) is -0.213. The van der Waals surface area contributed by atoms with Gasteiger partial charge in [-0.1, -0.05) is 18.6 Å². The van der Waals surface area contributed by atoms with Crippen molar-refractivity contribution in [3.05, 3.63) is 35.1 Å². The van der Waals surface area contributed by atoms with E-state index in [1.54, 1.807) is 13.0 Å². The van der Waals surface area contributed by atoms with Crippen molar-refractivity contribution in [2.24, 2.45) is 0 Å². The van der Waals surface area contributed by atoms with Gasteiger partial charge in [-0.25, -0.2) is 4.39 Å². The molecule has 2 unspecified atom stereocenters. The minimum atomic E-state index is -0.853. The Kier molecular flexibility index (Phi) is 3.14. The van der Waals surface area contributed by atoms with Crippen LogP contribution in [0, 0.1) is 12.7 Å². The molecule has 2 bridgehead atoms. The molecule has 0 radical (unpaired) electrons. The van der Waals surface area contributed by atoms with Crippen molar-refractivity contribution in [3.8, 4) is 0 Å². The average molecular weight is 263 g/mol. The van der Waals surface area contributed by atoms with E-state index in [0.717, 1.165) is 31.2 Å². The van der Waals surface area contributed by atoms with Crippen LogP contribution in [0.15, 0.2) is 18.2 Å². The molecule has 1 N–H and O–H groups in total. The van der Waals surface area contributed by atoms with Gasteiger partial charge in [0.25, 0.3) is 0 Å². The van der Waals surface area contributed by atoms with E-state index in [9.17, 15) is 9.50 Å². The van der Waals surface area contributed by atoms with Crippen molar-refractivity contribution in [1.82, 2.24) is 4.90 Å². The maximum atomic E-state index is 13.7. The van der Waals surface area contributed by atoms with Gasteiger partial charge in [0.1, 0.15) is 5.82 Å². The highest BCUT2D eigenvalue weighted by Crippen LogP contribution is 2.44. The van der Waals surface area contributed by atoms with Gasteiger partial charge in [0.15, 0.2) is 0 Å². The zero-order chi connectivity index (χ0) is 13.6. The van der Waals surface area contributed by atoms with E-state index < -0.39 is 5.60 Å². The molecule has 3 rings (SSSR count). The monoisotopic (exact) mass is 263 g/mol. The van der Waals surface area contributed by atoms with Crippen molar-refractivity contribution in [2.75, 3.05) is 7.05 Å². The molecule has 1 aromatic carbocycles. The molecular formula is C16H22FNO. The number of fused-ring (bicyclic) bond motifs is 2. The zero-order valence-electron chi connectivity index (χ0n) is 11.7. The minimum Gasteiger partial charge on any atom is -0.385 e. The second-order valence-electron chi connectivity index (χ2n) is 6.26. The number of hydrogen-bond acceptors (Lipinski definition) is 2. The molecule has 2 aliphatic rings. The van der Waals surface area contributed by atoms with Crippen LogP contribution in [0.4, 0.5) is 4.39 Å². The van der Waals surface area contributed by atoms with Crippen LogP contribution in [0.5, 0.6) is 0 Å². The van der Waals surface area contributed by atoms with Gasteiger partial charge < -0.3 is 10.0 Å². The normalized spacial score (nSPS) is 35.4. The molecule has 2 nitrogen and oxygen atoms in total. The molecule has 2 fully saturated rings. The Morgan fingerprint density at radius 3 is 2.53 bits per heavy atom. The third-order valence-electron chi connectivity index (χ3n) is 5.14. The second-order valence-corrected chi connectivity index (χ2v) is 6.26. The molecule has 1 aromatic rings. The van der Waals surface area contributed by atoms with Crippen LogP contribution in [0.3, 0.4) is 0 Å². The fourth-order valence-electron chi connectivity index (χ4n) is 3.98. The van der Waals surface area contributed by atoms with Gasteiger partial charge in [0, 0.05) is 12.1 Å². The number of halogens is 1. The maximum absolute atomic E-state index is 13.7. The SMILES string of the molecule is Cc1c(F)cccc1C1(O)CC2CCCC(C1)N2C. The van der Waals surface area contributed by atoms with Gasteiger partial charge in [-0.15, -0.1) is 0 Å². The summed E-state index contributed by atoms with van der Waals surface area (Å²) in [7, 11) is 2.16. The fraction of sp³-hybridized carbons (Fsp3) is 0.625. The predicted molar refractivity (Wildman–Crippen MR) is 73.5 cm³/mol. The van der Waals surface area contributed by atoms with E-state index in [2.05, 4.69) is 11.9 Å². The molecule has 3 heteroatoms. The van der Waals surface area contributed by atoms with Crippen molar-refractivity contribution >= 4 is 0 Å². The van der Waals surface area contributed by atoms with Crippen LogP contribution >= 0.6 is 0 Å². The van der Waals surface area contributed by atoms with Crippen LogP contribution < -0.4 is 0 Å². The molecule has 2 atom stereocenters. The van der Waals surface area contributed by atoms with Crippen molar-refractivity contribution in [1.29, 1.82) is 0 Å². The van der Waals surface area contributed by atoms with Crippen LogP contribution in [0.2, 0.25) is 0 Å². The Balaban J connectivity index is 1.97. The third-order valence-corrected chi connectivity index (χ3v) is 5.14. The van der Waals surface area contributed by atoms with Crippen molar-refractivity contribution in [3.63, 3.8) is 0 Å². The molecule has 0 saturated carbocycles. The summed E-state index contributed by atoms with van der Waals surface area (Å²) >= 11 is 0. The standard InChI is InChI=1S/C16H22FNO/c1-11-14(7-4-8-15(11)17)16(19)9-12-5-3-6-13(10-16)18(12)2/h4,7-8,12-13,19H,3,5-6,9-10H2,1-2H3. The lowest BCUT2D eigenvalue weighted by molar-refractivity contribution is -0.0879. The summed E-state index contributed by atoms with van der Waals surface area (Å²) < 4.78 is 13.7. The Labute approximate surface area is 114 Å². The first-order valence-corrected chi connectivity index (χ1v) is 7.21. The molecule has 104 valence electrons. The summed E-state index contributed by atoms with van der Waals surface area (Å²) in [5.41, 5.74) is 0.541. The molecule has 19 heavy (non-hydrogen) atoms. The summed E-state index contributed by atoms with van der Waals surface area (Å²) in [6, 6.07) is 5.93. The molecule has 2 saturated heterocycles. The van der Waals surface area contributed by atoms with Gasteiger partial charge in [-0.2, -0.15) is 0 Å². The molecular weight excluding hydrogens is 241 g/mol. The number of nitrogens with zero attached hydrogens (tertiary/aromatic N) is 1. The first kappa shape index (κ1) is 13.1. The summed E-state index contributed by atoms with van der Waals surface area (Å²) in [6.07, 6.45) is 4.99. The summed E-state index contributed by atoms with van der Waals surface area (Å²) in [6.45, 7) is 1.77. The number of benzene rings is 1. The largest absolute Gasteiger partial charge is 0.385 e. The molecule has 2 heterocycles. The maximum Gasteiger partial charge on any atom is 0.126 e. The molecule has 0 spiro atoms. The quantitative estimate of drug-likeness (QED) is 0.842. The van der Waals surface area contributed by atoms with E-state index in [0.29, 0.717) is 17.6 Å². The molecule has 2 aliphatic heterocycles. The van der Waals surface area contributed by atoms with Gasteiger partial charge in [0.2, 0.25) is 0 Å².